The van der Waals surface area contributed by atoms with E-state index in [-0.39, 0.29) is 28.2 Å². The van der Waals surface area contributed by atoms with Crippen LogP contribution in [0.5, 0.6) is 11.5 Å². The Hall–Kier alpha value is -3.87. The van der Waals surface area contributed by atoms with Gasteiger partial charge in [0.1, 0.15) is 28.4 Å². The first-order valence-electron chi connectivity index (χ1n) is 8.01. The molecule has 1 heterocycles. The number of hydrogen-bond donors (Lipinski definition) is 1. The fraction of sp³-hybridized carbons (Fsp3) is 0.0500. The van der Waals surface area contributed by atoms with Gasteiger partial charge < -0.3 is 14.3 Å². The van der Waals surface area contributed by atoms with Crippen molar-refractivity contribution in [3.63, 3.8) is 0 Å². The zero-order valence-electron chi connectivity index (χ0n) is 14.1. The minimum atomic E-state index is -0.484. The molecule has 7 heteroatoms. The lowest BCUT2D eigenvalue weighted by molar-refractivity contribution is -0.384. The molecule has 0 radical (unpaired) electrons. The molecular formula is C20H13NO6. The number of nitro benzene ring substituents is 1. The Morgan fingerprint density at radius 3 is 2.63 bits per heavy atom. The van der Waals surface area contributed by atoms with Gasteiger partial charge in [0.2, 0.25) is 0 Å². The van der Waals surface area contributed by atoms with Gasteiger partial charge in [-0.15, -0.1) is 0 Å². The molecular weight excluding hydrogens is 350 g/mol. The van der Waals surface area contributed by atoms with Gasteiger partial charge in [-0.1, -0.05) is 6.07 Å². The number of rotatable bonds is 3. The number of methoxy groups -OCH3 is 1. The zero-order valence-corrected chi connectivity index (χ0v) is 14.1. The average Bonchev–Trinajstić information content (AvgIpc) is 2.65. The molecule has 0 amide bonds. The van der Waals surface area contributed by atoms with Crippen LogP contribution < -0.4 is 10.2 Å². The molecule has 134 valence electrons. The Bertz CT molecular complexity index is 1230. The highest BCUT2D eigenvalue weighted by atomic mass is 16.6. The second kappa shape index (κ2) is 6.14. The first-order chi connectivity index (χ1) is 13.0. The van der Waals surface area contributed by atoms with Crippen molar-refractivity contribution in [3.8, 4) is 33.9 Å². The summed E-state index contributed by atoms with van der Waals surface area (Å²) in [6.07, 6.45) is 0. The van der Waals surface area contributed by atoms with Crippen molar-refractivity contribution in [1.29, 1.82) is 0 Å². The van der Waals surface area contributed by atoms with Crippen molar-refractivity contribution >= 4 is 16.7 Å². The zero-order chi connectivity index (χ0) is 19.1. The molecule has 1 aliphatic heterocycles. The number of ether oxygens (including phenoxy) is 1. The summed E-state index contributed by atoms with van der Waals surface area (Å²) in [7, 11) is 1.43. The highest BCUT2D eigenvalue weighted by Crippen LogP contribution is 2.47. The summed E-state index contributed by atoms with van der Waals surface area (Å²) in [5, 5.41) is 22.0. The predicted molar refractivity (Wildman–Crippen MR) is 99.4 cm³/mol. The highest BCUT2D eigenvalue weighted by Gasteiger charge is 2.27. The molecule has 2 aromatic carbocycles. The average molecular weight is 363 g/mol. The normalized spacial score (nSPS) is 11.0. The van der Waals surface area contributed by atoms with Gasteiger partial charge >= 0.3 is 0 Å². The number of aromatic hydroxyl groups is 1. The lowest BCUT2D eigenvalue weighted by atomic mass is 9.92. The van der Waals surface area contributed by atoms with Crippen LogP contribution in [-0.2, 0) is 0 Å². The molecule has 0 atom stereocenters. The number of hydrogen-bond acceptors (Lipinski definition) is 6. The first kappa shape index (κ1) is 16.6. The number of phenolic OH excluding ortho intramolecular Hbond substituents is 1. The smallest absolute Gasteiger partial charge is 0.280 e. The van der Waals surface area contributed by atoms with E-state index in [1.807, 2.05) is 0 Å². The van der Waals surface area contributed by atoms with Gasteiger partial charge in [-0.25, -0.2) is 0 Å². The molecule has 1 aliphatic carbocycles. The van der Waals surface area contributed by atoms with E-state index in [2.05, 4.69) is 0 Å². The quantitative estimate of drug-likeness (QED) is 0.333. The van der Waals surface area contributed by atoms with Crippen molar-refractivity contribution in [1.82, 2.24) is 0 Å². The van der Waals surface area contributed by atoms with E-state index in [0.29, 0.717) is 27.8 Å². The standard InChI is InChI=1S/C20H13NO6/c1-26-16-4-2-3-15(21(24)25)20(16)19-13-7-5-11(22)9-17(13)27-18-10-12(23)6-8-14(18)19/h2-10,22H,1H3. The maximum Gasteiger partial charge on any atom is 0.280 e. The van der Waals surface area contributed by atoms with Gasteiger partial charge in [0.15, 0.2) is 5.43 Å². The molecule has 2 aliphatic rings. The van der Waals surface area contributed by atoms with Crippen molar-refractivity contribution in [2.45, 2.75) is 0 Å². The molecule has 7 nitrogen and oxygen atoms in total. The van der Waals surface area contributed by atoms with E-state index in [1.165, 1.54) is 37.4 Å². The number of benzene rings is 3. The van der Waals surface area contributed by atoms with Gasteiger partial charge in [-0.3, -0.25) is 14.9 Å². The Balaban J connectivity index is 2.26. The molecule has 27 heavy (non-hydrogen) atoms. The third-order valence-corrected chi connectivity index (χ3v) is 4.35. The maximum absolute atomic E-state index is 11.8. The van der Waals surface area contributed by atoms with Crippen LogP contribution in [0.1, 0.15) is 0 Å². The maximum atomic E-state index is 11.8. The molecule has 4 rings (SSSR count). The van der Waals surface area contributed by atoms with E-state index >= 15 is 0 Å². The lowest BCUT2D eigenvalue weighted by Crippen LogP contribution is -2.02. The molecule has 0 fully saturated rings. The predicted octanol–water partition coefficient (Wildman–Crippen LogP) is 4.19. The van der Waals surface area contributed by atoms with Crippen LogP contribution in [0.4, 0.5) is 5.69 Å². The van der Waals surface area contributed by atoms with E-state index in [4.69, 9.17) is 9.15 Å². The van der Waals surface area contributed by atoms with Crippen LogP contribution in [0, 0.1) is 10.1 Å². The van der Waals surface area contributed by atoms with E-state index in [1.54, 1.807) is 24.3 Å². The summed E-state index contributed by atoms with van der Waals surface area (Å²) in [6, 6.07) is 13.3. The van der Waals surface area contributed by atoms with Crippen molar-refractivity contribution in [2.24, 2.45) is 0 Å². The van der Waals surface area contributed by atoms with Crippen LogP contribution in [0.15, 0.2) is 63.8 Å². The second-order valence-corrected chi connectivity index (χ2v) is 5.93. The van der Waals surface area contributed by atoms with E-state index < -0.39 is 4.92 Å². The fourth-order valence-electron chi connectivity index (χ4n) is 3.22. The molecule has 0 spiro atoms. The van der Waals surface area contributed by atoms with E-state index in [0.717, 1.165) is 0 Å². The second-order valence-electron chi connectivity index (χ2n) is 5.93. The van der Waals surface area contributed by atoms with Crippen LogP contribution >= 0.6 is 0 Å². The summed E-state index contributed by atoms with van der Waals surface area (Å²) >= 11 is 0. The number of fused-ring (bicyclic) bond motifs is 2. The van der Waals surface area contributed by atoms with Gasteiger partial charge in [-0.2, -0.15) is 0 Å². The third kappa shape index (κ3) is 2.65. The van der Waals surface area contributed by atoms with Crippen LogP contribution in [-0.4, -0.2) is 17.1 Å². The minimum Gasteiger partial charge on any atom is -0.508 e. The van der Waals surface area contributed by atoms with Crippen molar-refractivity contribution in [3.05, 3.63) is 74.9 Å². The Morgan fingerprint density at radius 1 is 1.07 bits per heavy atom. The number of phenols is 1. The first-order valence-corrected chi connectivity index (χ1v) is 8.01. The van der Waals surface area contributed by atoms with Crippen molar-refractivity contribution < 1.29 is 19.2 Å². The number of nitro groups is 1. The highest BCUT2D eigenvalue weighted by molar-refractivity contribution is 6.05. The van der Waals surface area contributed by atoms with Gasteiger partial charge in [0, 0.05) is 34.7 Å². The summed E-state index contributed by atoms with van der Waals surface area (Å²) in [6.45, 7) is 0. The van der Waals surface area contributed by atoms with Gasteiger partial charge in [0.25, 0.3) is 5.69 Å². The SMILES string of the molecule is COc1cccc([N+](=O)[O-])c1-c1c2ccc(=O)cc-2oc2cc(O)ccc12. The van der Waals surface area contributed by atoms with Gasteiger partial charge in [-0.05, 0) is 30.3 Å². The molecule has 0 bridgehead atoms. The Morgan fingerprint density at radius 2 is 1.89 bits per heavy atom. The monoisotopic (exact) mass is 363 g/mol. The van der Waals surface area contributed by atoms with Crippen LogP contribution in [0.3, 0.4) is 0 Å². The van der Waals surface area contributed by atoms with Gasteiger partial charge in [0.05, 0.1) is 12.0 Å². The largest absolute Gasteiger partial charge is 0.508 e. The molecule has 0 saturated carbocycles. The lowest BCUT2D eigenvalue weighted by Gasteiger charge is -2.17. The minimum absolute atomic E-state index is 0.0237. The molecule has 0 aromatic heterocycles. The summed E-state index contributed by atoms with van der Waals surface area (Å²) < 4.78 is 11.2. The Labute approximate surface area is 152 Å². The third-order valence-electron chi connectivity index (χ3n) is 4.35. The van der Waals surface area contributed by atoms with Crippen LogP contribution in [0.25, 0.3) is 33.4 Å². The van der Waals surface area contributed by atoms with Crippen molar-refractivity contribution in [2.75, 3.05) is 7.11 Å². The Kier molecular flexibility index (Phi) is 3.77. The summed E-state index contributed by atoms with van der Waals surface area (Å²) in [4.78, 5) is 23.0. The molecule has 1 N–H and O–H groups in total. The summed E-state index contributed by atoms with van der Waals surface area (Å²) in [5.74, 6) is 0.553. The fourth-order valence-corrected chi connectivity index (χ4v) is 3.22. The topological polar surface area (TPSA) is 103 Å². The molecule has 0 saturated heterocycles. The summed E-state index contributed by atoms with van der Waals surface area (Å²) in [5.41, 5.74) is 1.20. The molecule has 2 aromatic rings. The van der Waals surface area contributed by atoms with E-state index in [9.17, 15) is 20.0 Å². The number of nitrogens with zero attached hydrogens (tertiary/aromatic N) is 1. The van der Waals surface area contributed by atoms with Crippen LogP contribution in [0.2, 0.25) is 0 Å². The molecule has 0 unspecified atom stereocenters.